The van der Waals surface area contributed by atoms with Crippen molar-refractivity contribution in [3.8, 4) is 0 Å². The number of rotatable bonds is 3. The van der Waals surface area contributed by atoms with Crippen LogP contribution in [-0.2, 0) is 11.3 Å². The molecule has 1 aromatic carbocycles. The molecule has 0 saturated heterocycles. The zero-order chi connectivity index (χ0) is 10.7. The molecule has 0 aliphatic carbocycles. The Morgan fingerprint density at radius 1 is 1.27 bits per heavy atom. The first-order valence-electron chi connectivity index (χ1n) is 5.55. The molecule has 1 heterocycles. The quantitative estimate of drug-likeness (QED) is 0.740. The van der Waals surface area contributed by atoms with Crippen molar-refractivity contribution in [2.75, 3.05) is 0 Å². The van der Waals surface area contributed by atoms with Gasteiger partial charge in [0.25, 0.3) is 0 Å². The molecule has 0 radical (unpaired) electrons. The van der Waals surface area contributed by atoms with Crippen LogP contribution in [0.2, 0.25) is 0 Å². The normalized spacial score (nSPS) is 24.8. The summed E-state index contributed by atoms with van der Waals surface area (Å²) in [6.45, 7) is 4.25. The summed E-state index contributed by atoms with van der Waals surface area (Å²) in [5, 5.41) is 4.08. The molecular formula is C13H17NO. The van der Waals surface area contributed by atoms with Gasteiger partial charge in [0.05, 0.1) is 5.71 Å². The minimum atomic E-state index is 0.234. The number of oxime groups is 1. The van der Waals surface area contributed by atoms with E-state index in [1.165, 1.54) is 5.56 Å². The van der Waals surface area contributed by atoms with Crippen LogP contribution in [0.25, 0.3) is 0 Å². The molecule has 0 aromatic heterocycles. The third-order valence-electron chi connectivity index (χ3n) is 3.04. The van der Waals surface area contributed by atoms with E-state index in [0.29, 0.717) is 5.92 Å². The van der Waals surface area contributed by atoms with Crippen molar-refractivity contribution in [2.45, 2.75) is 32.8 Å². The van der Waals surface area contributed by atoms with Crippen molar-refractivity contribution < 1.29 is 4.84 Å². The van der Waals surface area contributed by atoms with Gasteiger partial charge in [-0.2, -0.15) is 0 Å². The van der Waals surface area contributed by atoms with Crippen molar-refractivity contribution >= 4 is 5.71 Å². The summed E-state index contributed by atoms with van der Waals surface area (Å²) in [5.41, 5.74) is 2.46. The first-order chi connectivity index (χ1) is 7.31. The molecule has 0 saturated carbocycles. The second-order valence-corrected chi connectivity index (χ2v) is 4.08. The molecular weight excluding hydrogens is 186 g/mol. The first kappa shape index (κ1) is 10.2. The van der Waals surface area contributed by atoms with Crippen LogP contribution in [0.3, 0.4) is 0 Å². The van der Waals surface area contributed by atoms with E-state index >= 15 is 0 Å². The van der Waals surface area contributed by atoms with E-state index in [1.807, 2.05) is 6.07 Å². The second kappa shape index (κ2) is 4.47. The number of hydrogen-bond acceptors (Lipinski definition) is 2. The zero-order valence-electron chi connectivity index (χ0n) is 9.31. The lowest BCUT2D eigenvalue weighted by molar-refractivity contribution is 0.0614. The van der Waals surface area contributed by atoms with E-state index < -0.39 is 0 Å². The van der Waals surface area contributed by atoms with E-state index in [4.69, 9.17) is 4.84 Å². The predicted molar refractivity (Wildman–Crippen MR) is 61.9 cm³/mol. The molecule has 0 spiro atoms. The lowest BCUT2D eigenvalue weighted by Gasteiger charge is -2.16. The zero-order valence-corrected chi connectivity index (χ0v) is 9.31. The van der Waals surface area contributed by atoms with Crippen molar-refractivity contribution in [1.82, 2.24) is 0 Å². The van der Waals surface area contributed by atoms with Crippen molar-refractivity contribution in [2.24, 2.45) is 11.1 Å². The van der Waals surface area contributed by atoms with Crippen molar-refractivity contribution in [3.63, 3.8) is 0 Å². The number of hydrogen-bond donors (Lipinski definition) is 0. The Kier molecular flexibility index (Phi) is 3.05. The Hall–Kier alpha value is -1.31. The Morgan fingerprint density at radius 2 is 2.00 bits per heavy atom. The molecule has 80 valence electrons. The summed E-state index contributed by atoms with van der Waals surface area (Å²) in [4.78, 5) is 5.46. The third-order valence-corrected chi connectivity index (χ3v) is 3.04. The highest BCUT2D eigenvalue weighted by molar-refractivity contribution is 5.85. The van der Waals surface area contributed by atoms with Gasteiger partial charge in [0.15, 0.2) is 0 Å². The van der Waals surface area contributed by atoms with Crippen LogP contribution < -0.4 is 0 Å². The largest absolute Gasteiger partial charge is 0.391 e. The van der Waals surface area contributed by atoms with Gasteiger partial charge in [0.1, 0.15) is 6.10 Å². The fourth-order valence-electron chi connectivity index (χ4n) is 2.15. The molecule has 2 rings (SSSR count). The second-order valence-electron chi connectivity index (χ2n) is 4.08. The van der Waals surface area contributed by atoms with Crippen LogP contribution in [0.1, 0.15) is 25.8 Å². The fraction of sp³-hybridized carbons (Fsp3) is 0.462. The lowest BCUT2D eigenvalue weighted by atomic mass is 9.91. The average molecular weight is 203 g/mol. The van der Waals surface area contributed by atoms with Crippen LogP contribution in [0, 0.1) is 5.92 Å². The van der Waals surface area contributed by atoms with Gasteiger partial charge in [-0.3, -0.25) is 0 Å². The third kappa shape index (κ3) is 2.20. The van der Waals surface area contributed by atoms with Crippen LogP contribution in [0.5, 0.6) is 0 Å². The Bertz CT molecular complexity index is 345. The monoisotopic (exact) mass is 203 g/mol. The molecule has 0 amide bonds. The summed E-state index contributed by atoms with van der Waals surface area (Å²) < 4.78 is 0. The Labute approximate surface area is 90.9 Å². The number of benzene rings is 1. The van der Waals surface area contributed by atoms with Gasteiger partial charge in [-0.25, -0.2) is 0 Å². The highest BCUT2D eigenvalue weighted by Gasteiger charge is 2.29. The van der Waals surface area contributed by atoms with Gasteiger partial charge in [-0.15, -0.1) is 0 Å². The molecule has 15 heavy (non-hydrogen) atoms. The summed E-state index contributed by atoms with van der Waals surface area (Å²) in [7, 11) is 0. The molecule has 2 nitrogen and oxygen atoms in total. The molecule has 1 aliphatic rings. The topological polar surface area (TPSA) is 21.6 Å². The molecule has 0 fully saturated rings. The smallest absolute Gasteiger partial charge is 0.139 e. The highest BCUT2D eigenvalue weighted by Crippen LogP contribution is 2.24. The van der Waals surface area contributed by atoms with Crippen LogP contribution in [0.15, 0.2) is 35.5 Å². The van der Waals surface area contributed by atoms with Crippen molar-refractivity contribution in [1.29, 1.82) is 0 Å². The van der Waals surface area contributed by atoms with Crippen LogP contribution in [0.4, 0.5) is 0 Å². The van der Waals surface area contributed by atoms with E-state index in [2.05, 4.69) is 43.3 Å². The summed E-state index contributed by atoms with van der Waals surface area (Å²) in [5.74, 6) is 0.491. The summed E-state index contributed by atoms with van der Waals surface area (Å²) >= 11 is 0. The highest BCUT2D eigenvalue weighted by atomic mass is 16.6. The maximum atomic E-state index is 5.46. The standard InChI is InChI=1S/C13H17NO/c1-3-12-10(2)14-15-13(12)9-11-7-5-4-6-8-11/h4-8,12-13H,3,9H2,1-2H3/t12-,13+/m1/s1. The Morgan fingerprint density at radius 3 is 2.67 bits per heavy atom. The van der Waals surface area contributed by atoms with Gasteiger partial charge in [-0.05, 0) is 18.9 Å². The first-order valence-corrected chi connectivity index (χ1v) is 5.55. The van der Waals surface area contributed by atoms with Crippen molar-refractivity contribution in [3.05, 3.63) is 35.9 Å². The van der Waals surface area contributed by atoms with Gasteiger partial charge in [0.2, 0.25) is 0 Å². The Balaban J connectivity index is 2.02. The van der Waals surface area contributed by atoms with Gasteiger partial charge in [-0.1, -0.05) is 42.4 Å². The van der Waals surface area contributed by atoms with Gasteiger partial charge in [0, 0.05) is 12.3 Å². The van der Waals surface area contributed by atoms with Crippen LogP contribution >= 0.6 is 0 Å². The minimum absolute atomic E-state index is 0.234. The maximum absolute atomic E-state index is 5.46. The van der Waals surface area contributed by atoms with Crippen LogP contribution in [-0.4, -0.2) is 11.8 Å². The van der Waals surface area contributed by atoms with Gasteiger partial charge < -0.3 is 4.84 Å². The number of nitrogens with zero attached hydrogens (tertiary/aromatic N) is 1. The molecule has 2 atom stereocenters. The van der Waals surface area contributed by atoms with E-state index in [-0.39, 0.29) is 6.10 Å². The molecule has 0 bridgehead atoms. The maximum Gasteiger partial charge on any atom is 0.139 e. The van der Waals surface area contributed by atoms with E-state index in [0.717, 1.165) is 18.6 Å². The van der Waals surface area contributed by atoms with Gasteiger partial charge >= 0.3 is 0 Å². The summed E-state index contributed by atoms with van der Waals surface area (Å²) in [6, 6.07) is 10.5. The molecule has 2 heteroatoms. The molecule has 1 aromatic rings. The summed E-state index contributed by atoms with van der Waals surface area (Å²) in [6.07, 6.45) is 2.30. The minimum Gasteiger partial charge on any atom is -0.391 e. The van der Waals surface area contributed by atoms with E-state index in [9.17, 15) is 0 Å². The predicted octanol–water partition coefficient (Wildman–Crippen LogP) is 3.03. The SMILES string of the molecule is CC[C@@H]1C(C)=NO[C@H]1Cc1ccccc1. The average Bonchev–Trinajstić information content (AvgIpc) is 2.61. The molecule has 1 aliphatic heterocycles. The molecule has 0 N–H and O–H groups in total. The lowest BCUT2D eigenvalue weighted by Crippen LogP contribution is -2.23. The fourth-order valence-corrected chi connectivity index (χ4v) is 2.15. The molecule has 0 unspecified atom stereocenters. The van der Waals surface area contributed by atoms with E-state index in [1.54, 1.807) is 0 Å².